The summed E-state index contributed by atoms with van der Waals surface area (Å²) in [7, 11) is 1.57. The lowest BCUT2D eigenvalue weighted by atomic mass is 9.82. The molecule has 0 aliphatic carbocycles. The van der Waals surface area contributed by atoms with Gasteiger partial charge in [0.25, 0.3) is 0 Å². The van der Waals surface area contributed by atoms with Crippen molar-refractivity contribution in [2.24, 2.45) is 0 Å². The standard InChI is InChI=1S/C30H42N4O5/c1-4-5-16-39-30(25-9-7-6-8-21(25)2)18-34(19-30)29(37)27(28(36)22-10-13-24(38-3)14-11-22)33-26(35)15-12-23-17-31-20-32-23/h6-11,13-14,23,27-28,31-32,36H,4-5,12,15-20H2,1-3H3,(H,33,35). The van der Waals surface area contributed by atoms with Crippen molar-refractivity contribution in [3.8, 4) is 5.75 Å². The lowest BCUT2D eigenvalue weighted by Gasteiger charge is -2.51. The summed E-state index contributed by atoms with van der Waals surface area (Å²) >= 11 is 0. The van der Waals surface area contributed by atoms with E-state index in [1.807, 2.05) is 12.1 Å². The fourth-order valence-corrected chi connectivity index (χ4v) is 5.32. The van der Waals surface area contributed by atoms with Crippen LogP contribution >= 0.6 is 0 Å². The Morgan fingerprint density at radius 1 is 1.18 bits per heavy atom. The van der Waals surface area contributed by atoms with Crippen molar-refractivity contribution < 1.29 is 24.2 Å². The molecule has 2 aliphatic rings. The van der Waals surface area contributed by atoms with Gasteiger partial charge < -0.3 is 35.4 Å². The van der Waals surface area contributed by atoms with E-state index in [4.69, 9.17) is 9.47 Å². The second kappa shape index (κ2) is 13.4. The SMILES string of the molecule is CCCCOC1(c2ccccc2C)CN(C(=O)C(NC(=O)CCC2CNCN2)C(O)c2ccc(OC)cc2)C1. The van der Waals surface area contributed by atoms with Crippen molar-refractivity contribution in [1.82, 2.24) is 20.9 Å². The first-order valence-corrected chi connectivity index (χ1v) is 13.9. The third-order valence-corrected chi connectivity index (χ3v) is 7.70. The first-order chi connectivity index (χ1) is 18.9. The normalized spacial score (nSPS) is 19.7. The van der Waals surface area contributed by atoms with Gasteiger partial charge in [-0.3, -0.25) is 9.59 Å². The monoisotopic (exact) mass is 538 g/mol. The van der Waals surface area contributed by atoms with E-state index < -0.39 is 17.7 Å². The van der Waals surface area contributed by atoms with Gasteiger partial charge in [-0.2, -0.15) is 0 Å². The molecule has 0 bridgehead atoms. The zero-order valence-electron chi connectivity index (χ0n) is 23.2. The number of carbonyl (C=O) groups is 2. The number of carbonyl (C=O) groups excluding carboxylic acids is 2. The zero-order valence-corrected chi connectivity index (χ0v) is 23.2. The van der Waals surface area contributed by atoms with Gasteiger partial charge in [0.15, 0.2) is 0 Å². The van der Waals surface area contributed by atoms with E-state index >= 15 is 0 Å². The molecule has 9 heteroatoms. The summed E-state index contributed by atoms with van der Waals surface area (Å²) in [6.45, 7) is 7.02. The van der Waals surface area contributed by atoms with Crippen LogP contribution in [0.1, 0.15) is 55.4 Å². The van der Waals surface area contributed by atoms with Gasteiger partial charge in [-0.15, -0.1) is 0 Å². The van der Waals surface area contributed by atoms with E-state index in [0.717, 1.165) is 37.2 Å². The number of ether oxygens (including phenoxy) is 2. The van der Waals surface area contributed by atoms with Gasteiger partial charge in [-0.25, -0.2) is 0 Å². The molecule has 3 unspecified atom stereocenters. The predicted molar refractivity (Wildman–Crippen MR) is 149 cm³/mol. The predicted octanol–water partition coefficient (Wildman–Crippen LogP) is 2.38. The summed E-state index contributed by atoms with van der Waals surface area (Å²) in [6, 6.07) is 14.1. The van der Waals surface area contributed by atoms with Crippen LogP contribution < -0.4 is 20.7 Å². The molecule has 39 heavy (non-hydrogen) atoms. The number of rotatable bonds is 13. The average Bonchev–Trinajstić information content (AvgIpc) is 3.46. The van der Waals surface area contributed by atoms with Crippen LogP contribution in [0.4, 0.5) is 0 Å². The number of methoxy groups -OCH3 is 1. The van der Waals surface area contributed by atoms with Crippen LogP contribution in [-0.2, 0) is 19.9 Å². The molecule has 0 aromatic heterocycles. The molecular weight excluding hydrogens is 496 g/mol. The Bertz CT molecular complexity index is 1100. The van der Waals surface area contributed by atoms with Crippen LogP contribution in [-0.4, -0.2) is 73.9 Å². The van der Waals surface area contributed by atoms with Gasteiger partial charge in [0.1, 0.15) is 23.5 Å². The van der Waals surface area contributed by atoms with Crippen molar-refractivity contribution in [2.45, 2.75) is 63.3 Å². The molecule has 0 saturated carbocycles. The lowest BCUT2D eigenvalue weighted by molar-refractivity contribution is -0.177. The summed E-state index contributed by atoms with van der Waals surface area (Å²) in [5.74, 6) is 0.0562. The fourth-order valence-electron chi connectivity index (χ4n) is 5.32. The third kappa shape index (κ3) is 6.97. The minimum Gasteiger partial charge on any atom is -0.497 e. The summed E-state index contributed by atoms with van der Waals surface area (Å²) in [5.41, 5.74) is 2.11. The Hall–Kier alpha value is -2.98. The number of aliphatic hydroxyl groups excluding tert-OH is 1. The smallest absolute Gasteiger partial charge is 0.248 e. The van der Waals surface area contributed by atoms with E-state index in [0.29, 0.717) is 37.4 Å². The van der Waals surface area contributed by atoms with Crippen molar-refractivity contribution in [3.05, 3.63) is 65.2 Å². The summed E-state index contributed by atoms with van der Waals surface area (Å²) in [6.07, 6.45) is 1.63. The van der Waals surface area contributed by atoms with Crippen molar-refractivity contribution in [2.75, 3.05) is 40.0 Å². The summed E-state index contributed by atoms with van der Waals surface area (Å²) < 4.78 is 11.6. The van der Waals surface area contributed by atoms with Gasteiger partial charge in [0.05, 0.1) is 20.2 Å². The maximum Gasteiger partial charge on any atom is 0.248 e. The Kier molecular flexibility index (Phi) is 9.96. The molecule has 2 aromatic carbocycles. The molecule has 4 N–H and O–H groups in total. The Morgan fingerprint density at radius 3 is 2.56 bits per heavy atom. The molecule has 2 heterocycles. The highest BCUT2D eigenvalue weighted by molar-refractivity contribution is 5.89. The molecule has 3 atom stereocenters. The fraction of sp³-hybridized carbons (Fsp3) is 0.533. The van der Waals surface area contributed by atoms with Crippen molar-refractivity contribution >= 4 is 11.8 Å². The molecule has 9 nitrogen and oxygen atoms in total. The molecule has 2 aliphatic heterocycles. The van der Waals surface area contributed by atoms with Gasteiger partial charge in [0.2, 0.25) is 11.8 Å². The number of nitrogens with one attached hydrogen (secondary N) is 3. The first kappa shape index (κ1) is 29.0. The highest BCUT2D eigenvalue weighted by atomic mass is 16.5. The molecular formula is C30H42N4O5. The molecule has 0 spiro atoms. The molecule has 212 valence electrons. The van der Waals surface area contributed by atoms with E-state index in [-0.39, 0.29) is 24.3 Å². The minimum atomic E-state index is -1.21. The van der Waals surface area contributed by atoms with Crippen LogP contribution in [0, 0.1) is 6.92 Å². The molecule has 2 fully saturated rings. The largest absolute Gasteiger partial charge is 0.497 e. The number of unbranched alkanes of at least 4 members (excludes halogenated alkanes) is 1. The van der Waals surface area contributed by atoms with E-state index in [9.17, 15) is 14.7 Å². The zero-order chi connectivity index (χ0) is 27.8. The highest BCUT2D eigenvalue weighted by Gasteiger charge is 2.50. The number of hydrogen-bond acceptors (Lipinski definition) is 7. The number of amides is 2. The highest BCUT2D eigenvalue weighted by Crippen LogP contribution is 2.39. The Morgan fingerprint density at radius 2 is 1.92 bits per heavy atom. The molecule has 2 saturated heterocycles. The topological polar surface area (TPSA) is 112 Å². The minimum absolute atomic E-state index is 0.210. The van der Waals surface area contributed by atoms with Crippen LogP contribution in [0.2, 0.25) is 0 Å². The summed E-state index contributed by atoms with van der Waals surface area (Å²) in [5, 5.41) is 20.7. The summed E-state index contributed by atoms with van der Waals surface area (Å²) in [4.78, 5) is 28.5. The number of nitrogens with zero attached hydrogens (tertiary/aromatic N) is 1. The van der Waals surface area contributed by atoms with Crippen molar-refractivity contribution in [3.63, 3.8) is 0 Å². The van der Waals surface area contributed by atoms with Crippen molar-refractivity contribution in [1.29, 1.82) is 0 Å². The maximum absolute atomic E-state index is 13.8. The van der Waals surface area contributed by atoms with Crippen LogP contribution in [0.5, 0.6) is 5.75 Å². The van der Waals surface area contributed by atoms with Gasteiger partial charge >= 0.3 is 0 Å². The number of aryl methyl sites for hydroxylation is 1. The second-order valence-electron chi connectivity index (χ2n) is 10.5. The second-order valence-corrected chi connectivity index (χ2v) is 10.5. The molecule has 4 rings (SSSR count). The van der Waals surface area contributed by atoms with Gasteiger partial charge in [-0.05, 0) is 48.6 Å². The number of hydrogen-bond donors (Lipinski definition) is 4. The van der Waals surface area contributed by atoms with Crippen LogP contribution in [0.15, 0.2) is 48.5 Å². The van der Waals surface area contributed by atoms with Gasteiger partial charge in [0, 0.05) is 32.3 Å². The third-order valence-electron chi connectivity index (χ3n) is 7.70. The average molecular weight is 539 g/mol. The quantitative estimate of drug-likeness (QED) is 0.290. The number of benzene rings is 2. The van der Waals surface area contributed by atoms with Gasteiger partial charge in [-0.1, -0.05) is 49.7 Å². The Balaban J connectivity index is 1.51. The first-order valence-electron chi connectivity index (χ1n) is 13.9. The number of aliphatic hydroxyl groups is 1. The van der Waals surface area contributed by atoms with E-state index in [2.05, 4.69) is 41.9 Å². The Labute approximate surface area is 231 Å². The maximum atomic E-state index is 13.8. The van der Waals surface area contributed by atoms with Crippen LogP contribution in [0.25, 0.3) is 0 Å². The lowest BCUT2D eigenvalue weighted by Crippen LogP contribution is -2.66. The molecule has 2 aromatic rings. The molecule has 2 amide bonds. The van der Waals surface area contributed by atoms with Crippen LogP contribution in [0.3, 0.4) is 0 Å². The molecule has 0 radical (unpaired) electrons. The number of likely N-dealkylation sites (tertiary alicyclic amines) is 1. The van der Waals surface area contributed by atoms with E-state index in [1.165, 1.54) is 0 Å². The van der Waals surface area contributed by atoms with E-state index in [1.54, 1.807) is 36.3 Å².